The first-order valence-electron chi connectivity index (χ1n) is 8.12. The maximum absolute atomic E-state index is 12.5. The molecule has 0 saturated carbocycles. The van der Waals surface area contributed by atoms with Crippen LogP contribution in [0.1, 0.15) is 48.8 Å². The summed E-state index contributed by atoms with van der Waals surface area (Å²) in [6.45, 7) is 4.45. The summed E-state index contributed by atoms with van der Waals surface area (Å²) in [7, 11) is 1.62. The van der Waals surface area contributed by atoms with E-state index in [0.717, 1.165) is 24.2 Å². The Bertz CT molecular complexity index is 738. The highest BCUT2D eigenvalue weighted by atomic mass is 16.5. The number of aryl methyl sites for hydroxylation is 1. The first-order valence-corrected chi connectivity index (χ1v) is 8.12. The van der Waals surface area contributed by atoms with Gasteiger partial charge in [0.1, 0.15) is 11.4 Å². The van der Waals surface area contributed by atoms with Crippen molar-refractivity contribution in [1.82, 2.24) is 15.1 Å². The topological polar surface area (TPSA) is 73.2 Å². The molecule has 0 fully saturated rings. The summed E-state index contributed by atoms with van der Waals surface area (Å²) in [5.41, 5.74) is 1.04. The predicted molar refractivity (Wildman–Crippen MR) is 92.3 cm³/mol. The zero-order valence-corrected chi connectivity index (χ0v) is 14.3. The number of benzene rings is 1. The molecule has 1 atom stereocenters. The number of carbonyl (C=O) groups excluding carboxylic acids is 1. The number of hydrogen-bond donors (Lipinski definition) is 1. The molecule has 0 aliphatic rings. The highest BCUT2D eigenvalue weighted by Crippen LogP contribution is 2.20. The number of rotatable bonds is 7. The van der Waals surface area contributed by atoms with Crippen molar-refractivity contribution >= 4 is 5.91 Å². The number of ether oxygens (including phenoxy) is 1. The molecule has 24 heavy (non-hydrogen) atoms. The molecule has 0 aliphatic heterocycles. The highest BCUT2D eigenvalue weighted by Gasteiger charge is 2.16. The molecule has 1 aromatic carbocycles. The maximum atomic E-state index is 12.5. The van der Waals surface area contributed by atoms with E-state index in [4.69, 9.17) is 4.74 Å². The van der Waals surface area contributed by atoms with Gasteiger partial charge >= 0.3 is 0 Å². The lowest BCUT2D eigenvalue weighted by Gasteiger charge is -2.17. The van der Waals surface area contributed by atoms with Gasteiger partial charge in [-0.15, -0.1) is 0 Å². The summed E-state index contributed by atoms with van der Waals surface area (Å²) in [5, 5.41) is 7.11. The van der Waals surface area contributed by atoms with Gasteiger partial charge in [-0.2, -0.15) is 5.10 Å². The molecular weight excluding hydrogens is 306 g/mol. The van der Waals surface area contributed by atoms with Gasteiger partial charge in [0.05, 0.1) is 13.2 Å². The van der Waals surface area contributed by atoms with Crippen molar-refractivity contribution in [3.05, 3.63) is 58.0 Å². The van der Waals surface area contributed by atoms with Crippen LogP contribution in [0.3, 0.4) is 0 Å². The molecular formula is C18H23N3O3. The summed E-state index contributed by atoms with van der Waals surface area (Å²) < 4.78 is 6.47. The Morgan fingerprint density at radius 1 is 1.21 bits per heavy atom. The molecule has 2 rings (SSSR count). The molecule has 2 aromatic rings. The van der Waals surface area contributed by atoms with E-state index in [9.17, 15) is 9.59 Å². The van der Waals surface area contributed by atoms with E-state index in [2.05, 4.69) is 10.4 Å². The van der Waals surface area contributed by atoms with Crippen LogP contribution in [-0.4, -0.2) is 22.8 Å². The van der Waals surface area contributed by atoms with Crippen LogP contribution >= 0.6 is 0 Å². The molecule has 0 aliphatic carbocycles. The van der Waals surface area contributed by atoms with Crippen LogP contribution in [0.4, 0.5) is 0 Å². The molecule has 1 heterocycles. The first-order chi connectivity index (χ1) is 11.6. The van der Waals surface area contributed by atoms with Gasteiger partial charge in [-0.3, -0.25) is 9.59 Å². The van der Waals surface area contributed by atoms with Crippen LogP contribution in [-0.2, 0) is 6.54 Å². The number of nitrogens with zero attached hydrogens (tertiary/aromatic N) is 2. The Labute approximate surface area is 141 Å². The van der Waals surface area contributed by atoms with Crippen molar-refractivity contribution < 1.29 is 9.53 Å². The Morgan fingerprint density at radius 2 is 1.92 bits per heavy atom. The van der Waals surface area contributed by atoms with Crippen molar-refractivity contribution in [2.24, 2.45) is 0 Å². The standard InChI is InChI=1S/C18H23N3O3/c1-4-12-21-17(22)11-10-16(20-21)18(23)19-15(5-2)13-6-8-14(24-3)9-7-13/h6-11,15H,4-5,12H2,1-3H3,(H,19,23). The fourth-order valence-corrected chi connectivity index (χ4v) is 2.43. The van der Waals surface area contributed by atoms with Gasteiger partial charge in [0.2, 0.25) is 0 Å². The van der Waals surface area contributed by atoms with Crippen molar-refractivity contribution in [2.45, 2.75) is 39.3 Å². The van der Waals surface area contributed by atoms with Crippen molar-refractivity contribution in [1.29, 1.82) is 0 Å². The van der Waals surface area contributed by atoms with Gasteiger partial charge in [0.25, 0.3) is 11.5 Å². The zero-order valence-electron chi connectivity index (χ0n) is 14.3. The lowest BCUT2D eigenvalue weighted by molar-refractivity contribution is 0.0928. The SMILES string of the molecule is CCCn1nc(C(=O)NC(CC)c2ccc(OC)cc2)ccc1=O. The van der Waals surface area contributed by atoms with Gasteiger partial charge in [-0.25, -0.2) is 4.68 Å². The third-order valence-electron chi connectivity index (χ3n) is 3.77. The average Bonchev–Trinajstić information content (AvgIpc) is 2.61. The van der Waals surface area contributed by atoms with Crippen LogP contribution in [0, 0.1) is 0 Å². The molecule has 128 valence electrons. The van der Waals surface area contributed by atoms with Gasteiger partial charge in [0, 0.05) is 12.6 Å². The highest BCUT2D eigenvalue weighted by molar-refractivity contribution is 5.92. The Hall–Kier alpha value is -2.63. The van der Waals surface area contributed by atoms with E-state index in [1.807, 2.05) is 38.1 Å². The molecule has 1 aromatic heterocycles. The number of carbonyl (C=O) groups is 1. The smallest absolute Gasteiger partial charge is 0.272 e. The lowest BCUT2D eigenvalue weighted by Crippen LogP contribution is -2.32. The Kier molecular flexibility index (Phi) is 6.12. The van der Waals surface area contributed by atoms with E-state index in [0.29, 0.717) is 6.54 Å². The average molecular weight is 329 g/mol. The second-order valence-electron chi connectivity index (χ2n) is 5.49. The van der Waals surface area contributed by atoms with Crippen molar-refractivity contribution in [3.8, 4) is 5.75 Å². The predicted octanol–water partition coefficient (Wildman–Crippen LogP) is 2.54. The number of aromatic nitrogens is 2. The van der Waals surface area contributed by atoms with Gasteiger partial charge in [-0.1, -0.05) is 26.0 Å². The summed E-state index contributed by atoms with van der Waals surface area (Å²) in [5.74, 6) is 0.482. The van der Waals surface area contributed by atoms with Crippen molar-refractivity contribution in [2.75, 3.05) is 7.11 Å². The molecule has 1 unspecified atom stereocenters. The summed E-state index contributed by atoms with van der Waals surface area (Å²) in [4.78, 5) is 24.2. The van der Waals surface area contributed by atoms with Crippen LogP contribution in [0.5, 0.6) is 5.75 Å². The molecule has 6 nitrogen and oxygen atoms in total. The van der Waals surface area contributed by atoms with E-state index < -0.39 is 0 Å². The number of hydrogen-bond acceptors (Lipinski definition) is 4. The largest absolute Gasteiger partial charge is 0.497 e. The van der Waals surface area contributed by atoms with Crippen LogP contribution < -0.4 is 15.6 Å². The van der Waals surface area contributed by atoms with Crippen LogP contribution in [0.25, 0.3) is 0 Å². The molecule has 0 saturated heterocycles. The van der Waals surface area contributed by atoms with E-state index in [-0.39, 0.29) is 23.2 Å². The monoisotopic (exact) mass is 329 g/mol. The quantitative estimate of drug-likeness (QED) is 0.847. The third kappa shape index (κ3) is 4.22. The number of nitrogens with one attached hydrogen (secondary N) is 1. The van der Waals surface area contributed by atoms with Crippen LogP contribution in [0.15, 0.2) is 41.2 Å². The van der Waals surface area contributed by atoms with Crippen molar-refractivity contribution in [3.63, 3.8) is 0 Å². The van der Waals surface area contributed by atoms with E-state index in [1.165, 1.54) is 16.8 Å². The minimum atomic E-state index is -0.289. The Balaban J connectivity index is 2.16. The summed E-state index contributed by atoms with van der Waals surface area (Å²) in [6, 6.07) is 10.3. The second kappa shape index (κ2) is 8.29. The minimum Gasteiger partial charge on any atom is -0.497 e. The summed E-state index contributed by atoms with van der Waals surface area (Å²) in [6.07, 6.45) is 1.52. The first kappa shape index (κ1) is 17.7. The fourth-order valence-electron chi connectivity index (χ4n) is 2.43. The molecule has 0 bridgehead atoms. The molecule has 1 N–H and O–H groups in total. The molecule has 0 spiro atoms. The molecule has 6 heteroatoms. The normalized spacial score (nSPS) is 11.8. The number of amides is 1. The third-order valence-corrected chi connectivity index (χ3v) is 3.77. The van der Waals surface area contributed by atoms with Gasteiger partial charge in [-0.05, 0) is 36.6 Å². The second-order valence-corrected chi connectivity index (χ2v) is 5.49. The van der Waals surface area contributed by atoms with Gasteiger partial charge < -0.3 is 10.1 Å². The van der Waals surface area contributed by atoms with E-state index >= 15 is 0 Å². The fraction of sp³-hybridized carbons (Fsp3) is 0.389. The maximum Gasteiger partial charge on any atom is 0.272 e. The Morgan fingerprint density at radius 3 is 2.50 bits per heavy atom. The zero-order chi connectivity index (χ0) is 17.5. The minimum absolute atomic E-state index is 0.128. The van der Waals surface area contributed by atoms with E-state index in [1.54, 1.807) is 7.11 Å². The van der Waals surface area contributed by atoms with Crippen LogP contribution in [0.2, 0.25) is 0 Å². The molecule has 1 amide bonds. The lowest BCUT2D eigenvalue weighted by atomic mass is 10.0. The number of methoxy groups -OCH3 is 1. The van der Waals surface area contributed by atoms with Gasteiger partial charge in [0.15, 0.2) is 0 Å². The summed E-state index contributed by atoms with van der Waals surface area (Å²) >= 11 is 0. The molecule has 0 radical (unpaired) electrons.